The Kier molecular flexibility index (Phi) is 4.91. The number of aliphatic hydroxyl groups is 1. The number of aromatic nitrogens is 2. The van der Waals surface area contributed by atoms with Crippen LogP contribution in [0.25, 0.3) is 0 Å². The van der Waals surface area contributed by atoms with E-state index in [1.54, 1.807) is 24.7 Å². The van der Waals surface area contributed by atoms with Gasteiger partial charge in [0, 0.05) is 17.4 Å². The average Bonchev–Trinajstić information content (AvgIpc) is 2.89. The molecule has 0 saturated heterocycles. The van der Waals surface area contributed by atoms with Gasteiger partial charge in [0.25, 0.3) is 0 Å². The molecule has 0 bridgehead atoms. The van der Waals surface area contributed by atoms with Crippen LogP contribution in [0.2, 0.25) is 5.02 Å². The number of ether oxygens (including phenoxy) is 1. The number of hydrogen-bond donors (Lipinski definition) is 1. The van der Waals surface area contributed by atoms with Crippen LogP contribution in [0.5, 0.6) is 5.75 Å². The lowest BCUT2D eigenvalue weighted by molar-refractivity contribution is -0.0383. The second-order valence-corrected chi connectivity index (χ2v) is 6.62. The predicted octanol–water partition coefficient (Wildman–Crippen LogP) is 3.39. The third-order valence-corrected chi connectivity index (χ3v) is 3.51. The molecule has 0 radical (unpaired) electrons. The first-order valence-corrected chi connectivity index (χ1v) is 7.30. The molecule has 0 saturated carbocycles. The van der Waals surface area contributed by atoms with Gasteiger partial charge in [-0.1, -0.05) is 38.4 Å². The molecule has 1 N–H and O–H groups in total. The first-order valence-electron chi connectivity index (χ1n) is 6.92. The van der Waals surface area contributed by atoms with Gasteiger partial charge in [0.15, 0.2) is 0 Å². The number of halogens is 1. The second kappa shape index (κ2) is 6.50. The van der Waals surface area contributed by atoms with Gasteiger partial charge in [-0.15, -0.1) is 0 Å². The lowest BCUT2D eigenvalue weighted by Gasteiger charge is -2.33. The fourth-order valence-corrected chi connectivity index (χ4v) is 2.26. The molecular weight excluding hydrogens is 288 g/mol. The Morgan fingerprint density at radius 1 is 1.38 bits per heavy atom. The molecule has 0 fully saturated rings. The minimum absolute atomic E-state index is 0.288. The van der Waals surface area contributed by atoms with Crippen molar-refractivity contribution in [1.82, 2.24) is 9.55 Å². The van der Waals surface area contributed by atoms with Crippen LogP contribution in [0.1, 0.15) is 20.8 Å². The van der Waals surface area contributed by atoms with E-state index in [1.807, 2.05) is 43.7 Å². The molecule has 0 aliphatic carbocycles. The summed E-state index contributed by atoms with van der Waals surface area (Å²) < 4.78 is 7.87. The minimum atomic E-state index is -0.626. The summed E-state index contributed by atoms with van der Waals surface area (Å²) in [5.74, 6) is 0.649. The van der Waals surface area contributed by atoms with E-state index in [4.69, 9.17) is 16.3 Å². The Hall–Kier alpha value is -1.52. The van der Waals surface area contributed by atoms with Crippen LogP contribution in [-0.2, 0) is 6.54 Å². The van der Waals surface area contributed by atoms with Gasteiger partial charge in [-0.2, -0.15) is 0 Å². The molecule has 0 aliphatic rings. The van der Waals surface area contributed by atoms with Crippen molar-refractivity contribution in [3.8, 4) is 5.75 Å². The van der Waals surface area contributed by atoms with Crippen molar-refractivity contribution in [1.29, 1.82) is 0 Å². The number of imidazole rings is 1. The molecule has 1 aromatic heterocycles. The zero-order valence-corrected chi connectivity index (χ0v) is 13.3. The molecule has 2 atom stereocenters. The summed E-state index contributed by atoms with van der Waals surface area (Å²) in [6.07, 6.45) is 4.25. The fraction of sp³-hybridized carbons (Fsp3) is 0.438. The Labute approximate surface area is 130 Å². The summed E-state index contributed by atoms with van der Waals surface area (Å²) >= 11 is 5.98. The topological polar surface area (TPSA) is 47.3 Å². The summed E-state index contributed by atoms with van der Waals surface area (Å²) in [5, 5.41) is 11.2. The number of hydrogen-bond acceptors (Lipinski definition) is 3. The third kappa shape index (κ3) is 4.48. The van der Waals surface area contributed by atoms with E-state index in [9.17, 15) is 5.11 Å². The van der Waals surface area contributed by atoms with Crippen molar-refractivity contribution in [2.75, 3.05) is 0 Å². The number of nitrogens with zero attached hydrogens (tertiary/aromatic N) is 2. The first kappa shape index (κ1) is 15.9. The van der Waals surface area contributed by atoms with Gasteiger partial charge < -0.3 is 14.4 Å². The van der Waals surface area contributed by atoms with E-state index in [-0.39, 0.29) is 5.41 Å². The van der Waals surface area contributed by atoms with Crippen LogP contribution in [0, 0.1) is 5.41 Å². The van der Waals surface area contributed by atoms with E-state index in [0.29, 0.717) is 17.3 Å². The molecule has 1 heterocycles. The second-order valence-electron chi connectivity index (χ2n) is 6.18. The van der Waals surface area contributed by atoms with Crippen LogP contribution in [0.4, 0.5) is 0 Å². The van der Waals surface area contributed by atoms with Crippen LogP contribution in [0.3, 0.4) is 0 Å². The highest BCUT2D eigenvalue weighted by Gasteiger charge is 2.32. The third-order valence-electron chi connectivity index (χ3n) is 3.27. The van der Waals surface area contributed by atoms with Crippen molar-refractivity contribution in [2.24, 2.45) is 5.41 Å². The van der Waals surface area contributed by atoms with Gasteiger partial charge in [-0.3, -0.25) is 0 Å². The highest BCUT2D eigenvalue weighted by atomic mass is 35.5. The SMILES string of the molecule is CC(C)(C)C(O)C(Cn1ccnc1)Oc1cccc(Cl)c1. The number of aliphatic hydroxyl groups excluding tert-OH is 1. The average molecular weight is 309 g/mol. The van der Waals surface area contributed by atoms with Crippen LogP contribution in [0.15, 0.2) is 43.0 Å². The molecule has 2 aromatic rings. The van der Waals surface area contributed by atoms with Gasteiger partial charge in [-0.25, -0.2) is 4.98 Å². The molecule has 5 heteroatoms. The zero-order valence-electron chi connectivity index (χ0n) is 12.5. The van der Waals surface area contributed by atoms with Gasteiger partial charge in [0.2, 0.25) is 0 Å². The number of rotatable bonds is 5. The van der Waals surface area contributed by atoms with Gasteiger partial charge in [0.05, 0.1) is 19.0 Å². The van der Waals surface area contributed by atoms with Crippen molar-refractivity contribution < 1.29 is 9.84 Å². The van der Waals surface area contributed by atoms with Crippen molar-refractivity contribution in [2.45, 2.75) is 39.5 Å². The Morgan fingerprint density at radius 2 is 2.14 bits per heavy atom. The van der Waals surface area contributed by atoms with E-state index in [2.05, 4.69) is 4.98 Å². The Morgan fingerprint density at radius 3 is 2.71 bits per heavy atom. The Bertz CT molecular complexity index is 564. The largest absolute Gasteiger partial charge is 0.486 e. The summed E-state index contributed by atoms with van der Waals surface area (Å²) in [4.78, 5) is 4.02. The summed E-state index contributed by atoms with van der Waals surface area (Å²) in [5.41, 5.74) is -0.288. The maximum atomic E-state index is 10.6. The highest BCUT2D eigenvalue weighted by molar-refractivity contribution is 6.30. The van der Waals surface area contributed by atoms with Crippen molar-refractivity contribution in [3.05, 3.63) is 48.0 Å². The van der Waals surface area contributed by atoms with Crippen LogP contribution >= 0.6 is 11.6 Å². The first-order chi connectivity index (χ1) is 9.86. The van der Waals surface area contributed by atoms with E-state index >= 15 is 0 Å². The molecule has 2 rings (SSSR count). The molecule has 114 valence electrons. The maximum absolute atomic E-state index is 10.6. The normalized spacial score (nSPS) is 14.7. The maximum Gasteiger partial charge on any atom is 0.143 e. The van der Waals surface area contributed by atoms with E-state index < -0.39 is 12.2 Å². The monoisotopic (exact) mass is 308 g/mol. The highest BCUT2D eigenvalue weighted by Crippen LogP contribution is 2.27. The van der Waals surface area contributed by atoms with Crippen LogP contribution < -0.4 is 4.74 Å². The summed E-state index contributed by atoms with van der Waals surface area (Å²) in [7, 11) is 0. The molecular formula is C16H21ClN2O2. The zero-order chi connectivity index (χ0) is 15.5. The fourth-order valence-electron chi connectivity index (χ4n) is 2.08. The molecule has 21 heavy (non-hydrogen) atoms. The number of benzene rings is 1. The predicted molar refractivity (Wildman–Crippen MR) is 83.6 cm³/mol. The van der Waals surface area contributed by atoms with E-state index in [1.165, 1.54) is 0 Å². The van der Waals surface area contributed by atoms with E-state index in [0.717, 1.165) is 0 Å². The van der Waals surface area contributed by atoms with Gasteiger partial charge in [-0.05, 0) is 23.6 Å². The molecule has 0 spiro atoms. The smallest absolute Gasteiger partial charge is 0.143 e. The lowest BCUT2D eigenvalue weighted by Crippen LogP contribution is -2.43. The van der Waals surface area contributed by atoms with Crippen molar-refractivity contribution in [3.63, 3.8) is 0 Å². The van der Waals surface area contributed by atoms with Crippen molar-refractivity contribution >= 4 is 11.6 Å². The van der Waals surface area contributed by atoms with Crippen LogP contribution in [-0.4, -0.2) is 26.9 Å². The minimum Gasteiger partial charge on any atom is -0.486 e. The molecule has 2 unspecified atom stereocenters. The summed E-state index contributed by atoms with van der Waals surface area (Å²) in [6, 6.07) is 7.20. The van der Waals surface area contributed by atoms with Gasteiger partial charge >= 0.3 is 0 Å². The lowest BCUT2D eigenvalue weighted by atomic mass is 9.85. The molecule has 1 aromatic carbocycles. The molecule has 0 aliphatic heterocycles. The quantitative estimate of drug-likeness (QED) is 0.921. The standard InChI is InChI=1S/C16H21ClN2O2/c1-16(2,3)15(20)14(10-19-8-7-18-11-19)21-13-6-4-5-12(17)9-13/h4-9,11,14-15,20H,10H2,1-3H3. The summed E-state index contributed by atoms with van der Waals surface area (Å²) in [6.45, 7) is 6.48. The molecule has 4 nitrogen and oxygen atoms in total. The molecule has 0 amide bonds. The Balaban J connectivity index is 2.19. The van der Waals surface area contributed by atoms with Gasteiger partial charge in [0.1, 0.15) is 11.9 Å².